The third-order valence-corrected chi connectivity index (χ3v) is 1.99. The summed E-state index contributed by atoms with van der Waals surface area (Å²) >= 11 is 0. The van der Waals surface area contributed by atoms with Crippen molar-refractivity contribution in [2.24, 2.45) is 5.92 Å². The van der Waals surface area contributed by atoms with Gasteiger partial charge in [0.2, 0.25) is 0 Å². The van der Waals surface area contributed by atoms with Crippen LogP contribution in [0.15, 0.2) is 0 Å². The van der Waals surface area contributed by atoms with E-state index in [1.54, 1.807) is 0 Å². The van der Waals surface area contributed by atoms with Gasteiger partial charge in [-0.1, -0.05) is 6.92 Å². The second-order valence-electron chi connectivity index (χ2n) is 3.20. The largest absolute Gasteiger partial charge is 0.396 e. The Labute approximate surface area is 68.0 Å². The highest BCUT2D eigenvalue weighted by Gasteiger charge is 2.12. The first-order valence-corrected chi connectivity index (χ1v) is 4.24. The number of ether oxygens (including phenoxy) is 1. The summed E-state index contributed by atoms with van der Waals surface area (Å²) in [6.07, 6.45) is 0. The Morgan fingerprint density at radius 1 is 1.45 bits per heavy atom. The van der Waals surface area contributed by atoms with Gasteiger partial charge in [0.15, 0.2) is 0 Å². The standard InChI is InChI=1S/C8H17NO2/c1-8(7-10)6-9-2-4-11-5-3-9/h8,10H,2-7H2,1H3/t8-/m1/s1. The third kappa shape index (κ3) is 3.18. The second-order valence-corrected chi connectivity index (χ2v) is 3.20. The Morgan fingerprint density at radius 2 is 2.09 bits per heavy atom. The van der Waals surface area contributed by atoms with Crippen LogP contribution in [0.2, 0.25) is 0 Å². The van der Waals surface area contributed by atoms with Gasteiger partial charge in [-0.15, -0.1) is 0 Å². The molecule has 1 fully saturated rings. The molecule has 0 aliphatic carbocycles. The number of aliphatic hydroxyl groups excluding tert-OH is 1. The van der Waals surface area contributed by atoms with Crippen molar-refractivity contribution in [2.45, 2.75) is 6.92 Å². The molecule has 0 spiro atoms. The van der Waals surface area contributed by atoms with Crippen LogP contribution >= 0.6 is 0 Å². The predicted molar refractivity (Wildman–Crippen MR) is 43.5 cm³/mol. The maximum atomic E-state index is 8.81. The molecule has 1 aliphatic rings. The fourth-order valence-electron chi connectivity index (χ4n) is 1.28. The molecule has 1 N–H and O–H groups in total. The second kappa shape index (κ2) is 4.70. The monoisotopic (exact) mass is 159 g/mol. The Balaban J connectivity index is 2.13. The van der Waals surface area contributed by atoms with Gasteiger partial charge >= 0.3 is 0 Å². The maximum absolute atomic E-state index is 8.81. The van der Waals surface area contributed by atoms with Crippen molar-refractivity contribution in [1.82, 2.24) is 4.90 Å². The molecule has 0 unspecified atom stereocenters. The molecule has 1 aliphatic heterocycles. The van der Waals surface area contributed by atoms with E-state index in [1.807, 2.05) is 0 Å². The molecule has 0 bridgehead atoms. The van der Waals surface area contributed by atoms with Crippen LogP contribution in [-0.4, -0.2) is 49.5 Å². The molecule has 0 aromatic carbocycles. The van der Waals surface area contributed by atoms with E-state index >= 15 is 0 Å². The highest BCUT2D eigenvalue weighted by Crippen LogP contribution is 2.01. The van der Waals surface area contributed by atoms with E-state index in [4.69, 9.17) is 9.84 Å². The molecule has 1 atom stereocenters. The SMILES string of the molecule is C[C@@H](CO)CN1CCOCC1. The predicted octanol–water partition coefficient (Wildman–Crippen LogP) is -0.0530. The van der Waals surface area contributed by atoms with Gasteiger partial charge < -0.3 is 9.84 Å². The molecule has 1 rings (SSSR count). The summed E-state index contributed by atoms with van der Waals surface area (Å²) in [5.74, 6) is 0.396. The molecule has 0 amide bonds. The number of aliphatic hydroxyl groups is 1. The van der Waals surface area contributed by atoms with E-state index in [1.165, 1.54) is 0 Å². The van der Waals surface area contributed by atoms with Crippen LogP contribution in [0.5, 0.6) is 0 Å². The summed E-state index contributed by atoms with van der Waals surface area (Å²) in [5, 5.41) is 8.81. The van der Waals surface area contributed by atoms with Crippen LogP contribution < -0.4 is 0 Å². The Bertz CT molecular complexity index is 102. The van der Waals surface area contributed by atoms with Crippen molar-refractivity contribution in [1.29, 1.82) is 0 Å². The lowest BCUT2D eigenvalue weighted by Crippen LogP contribution is -2.39. The fourth-order valence-corrected chi connectivity index (χ4v) is 1.28. The fraction of sp³-hybridized carbons (Fsp3) is 1.00. The minimum absolute atomic E-state index is 0.289. The van der Waals surface area contributed by atoms with E-state index < -0.39 is 0 Å². The molecular weight excluding hydrogens is 142 g/mol. The highest BCUT2D eigenvalue weighted by molar-refractivity contribution is 4.64. The minimum Gasteiger partial charge on any atom is -0.396 e. The Kier molecular flexibility index (Phi) is 3.83. The van der Waals surface area contributed by atoms with Crippen LogP contribution in [0.3, 0.4) is 0 Å². The van der Waals surface area contributed by atoms with Crippen molar-refractivity contribution >= 4 is 0 Å². The molecular formula is C8H17NO2. The quantitative estimate of drug-likeness (QED) is 0.626. The lowest BCUT2D eigenvalue weighted by molar-refractivity contribution is 0.0273. The number of hydrogen-bond donors (Lipinski definition) is 1. The Morgan fingerprint density at radius 3 is 2.64 bits per heavy atom. The zero-order chi connectivity index (χ0) is 8.10. The van der Waals surface area contributed by atoms with Gasteiger partial charge in [0.1, 0.15) is 0 Å². The van der Waals surface area contributed by atoms with Gasteiger partial charge in [-0.2, -0.15) is 0 Å². The van der Waals surface area contributed by atoms with Gasteiger partial charge in [-0.3, -0.25) is 4.90 Å². The van der Waals surface area contributed by atoms with Crippen molar-refractivity contribution in [3.63, 3.8) is 0 Å². The maximum Gasteiger partial charge on any atom is 0.0594 e. The lowest BCUT2D eigenvalue weighted by Gasteiger charge is -2.28. The molecule has 0 saturated carbocycles. The smallest absolute Gasteiger partial charge is 0.0594 e. The summed E-state index contributed by atoms with van der Waals surface area (Å²) in [5.41, 5.74) is 0. The number of nitrogens with zero attached hydrogens (tertiary/aromatic N) is 1. The van der Waals surface area contributed by atoms with Crippen molar-refractivity contribution < 1.29 is 9.84 Å². The number of rotatable bonds is 3. The molecule has 1 saturated heterocycles. The normalized spacial score (nSPS) is 23.5. The topological polar surface area (TPSA) is 32.7 Å². The zero-order valence-corrected chi connectivity index (χ0v) is 7.12. The molecule has 3 heteroatoms. The molecule has 3 nitrogen and oxygen atoms in total. The average Bonchev–Trinajstić information content (AvgIpc) is 2.06. The summed E-state index contributed by atoms with van der Waals surface area (Å²) in [4.78, 5) is 2.34. The lowest BCUT2D eigenvalue weighted by atomic mass is 10.2. The van der Waals surface area contributed by atoms with Gasteiger partial charge in [0.25, 0.3) is 0 Å². The van der Waals surface area contributed by atoms with Gasteiger partial charge in [-0.25, -0.2) is 0 Å². The van der Waals surface area contributed by atoms with Crippen molar-refractivity contribution in [3.8, 4) is 0 Å². The zero-order valence-electron chi connectivity index (χ0n) is 7.12. The van der Waals surface area contributed by atoms with E-state index in [9.17, 15) is 0 Å². The van der Waals surface area contributed by atoms with Gasteiger partial charge in [0, 0.05) is 26.2 Å². The minimum atomic E-state index is 0.289. The first-order chi connectivity index (χ1) is 5.33. The third-order valence-electron chi connectivity index (χ3n) is 1.99. The average molecular weight is 159 g/mol. The van der Waals surface area contributed by atoms with Crippen LogP contribution in [0.4, 0.5) is 0 Å². The Hall–Kier alpha value is -0.120. The van der Waals surface area contributed by atoms with Crippen LogP contribution in [0.1, 0.15) is 6.92 Å². The van der Waals surface area contributed by atoms with Crippen molar-refractivity contribution in [3.05, 3.63) is 0 Å². The number of morpholine rings is 1. The highest BCUT2D eigenvalue weighted by atomic mass is 16.5. The van der Waals surface area contributed by atoms with Crippen LogP contribution in [-0.2, 0) is 4.74 Å². The molecule has 66 valence electrons. The summed E-state index contributed by atoms with van der Waals surface area (Å²) in [6.45, 7) is 7.08. The van der Waals surface area contributed by atoms with Crippen molar-refractivity contribution in [2.75, 3.05) is 39.5 Å². The molecule has 0 aromatic rings. The first kappa shape index (κ1) is 8.97. The van der Waals surface area contributed by atoms with E-state index in [-0.39, 0.29) is 6.61 Å². The van der Waals surface area contributed by atoms with E-state index in [0.717, 1.165) is 32.8 Å². The van der Waals surface area contributed by atoms with E-state index in [2.05, 4.69) is 11.8 Å². The van der Waals surface area contributed by atoms with Gasteiger partial charge in [-0.05, 0) is 5.92 Å². The number of hydrogen-bond acceptors (Lipinski definition) is 3. The van der Waals surface area contributed by atoms with Crippen LogP contribution in [0.25, 0.3) is 0 Å². The molecule has 1 heterocycles. The molecule has 0 radical (unpaired) electrons. The molecule has 0 aromatic heterocycles. The summed E-state index contributed by atoms with van der Waals surface area (Å²) in [6, 6.07) is 0. The first-order valence-electron chi connectivity index (χ1n) is 4.24. The van der Waals surface area contributed by atoms with Gasteiger partial charge in [0.05, 0.1) is 13.2 Å². The summed E-state index contributed by atoms with van der Waals surface area (Å²) in [7, 11) is 0. The van der Waals surface area contributed by atoms with E-state index in [0.29, 0.717) is 5.92 Å². The summed E-state index contributed by atoms with van der Waals surface area (Å²) < 4.78 is 5.21. The molecule has 11 heavy (non-hydrogen) atoms. The van der Waals surface area contributed by atoms with Crippen LogP contribution in [0, 0.1) is 5.92 Å².